The van der Waals surface area contributed by atoms with Gasteiger partial charge in [0, 0.05) is 12.2 Å². The van der Waals surface area contributed by atoms with Crippen LogP contribution in [-0.4, -0.2) is 6.61 Å². The molecule has 0 aliphatic heterocycles. The van der Waals surface area contributed by atoms with Crippen molar-refractivity contribution in [2.75, 3.05) is 11.9 Å². The summed E-state index contributed by atoms with van der Waals surface area (Å²) in [5.41, 5.74) is 3.59. The summed E-state index contributed by atoms with van der Waals surface area (Å²) >= 11 is 0. The lowest BCUT2D eigenvalue weighted by Crippen LogP contribution is -1.99. The molecule has 2 aromatic carbocycles. The van der Waals surface area contributed by atoms with Gasteiger partial charge in [0.25, 0.3) is 0 Å². The van der Waals surface area contributed by atoms with Crippen molar-refractivity contribution < 1.29 is 4.74 Å². The van der Waals surface area contributed by atoms with Crippen molar-refractivity contribution in [3.8, 4) is 18.1 Å². The maximum absolute atomic E-state index is 5.33. The Morgan fingerprint density at radius 1 is 1.05 bits per heavy atom. The molecule has 0 amide bonds. The summed E-state index contributed by atoms with van der Waals surface area (Å²) in [5, 5.41) is 3.38. The maximum Gasteiger partial charge on any atom is 0.148 e. The Balaban J connectivity index is 1.89. The Morgan fingerprint density at radius 3 is 2.37 bits per heavy atom. The highest BCUT2D eigenvalue weighted by Gasteiger charge is 1.96. The smallest absolute Gasteiger partial charge is 0.148 e. The molecule has 0 atom stereocenters. The van der Waals surface area contributed by atoms with Gasteiger partial charge in [0.15, 0.2) is 0 Å². The summed E-state index contributed by atoms with van der Waals surface area (Å²) in [5.74, 6) is 3.25. The van der Waals surface area contributed by atoms with E-state index in [0.717, 1.165) is 18.0 Å². The van der Waals surface area contributed by atoms with Crippen molar-refractivity contribution in [1.82, 2.24) is 0 Å². The van der Waals surface area contributed by atoms with Crippen LogP contribution in [0.5, 0.6) is 5.75 Å². The third-order valence-electron chi connectivity index (χ3n) is 2.79. The highest BCUT2D eigenvalue weighted by atomic mass is 16.5. The maximum atomic E-state index is 5.33. The molecule has 96 valence electrons. The second-order valence-electron chi connectivity index (χ2n) is 4.36. The van der Waals surface area contributed by atoms with Gasteiger partial charge >= 0.3 is 0 Å². The first-order chi connectivity index (χ1) is 9.28. The molecule has 0 aliphatic rings. The summed E-state index contributed by atoms with van der Waals surface area (Å²) < 4.78 is 5.33. The summed E-state index contributed by atoms with van der Waals surface area (Å²) in [6.45, 7) is 3.18. The van der Waals surface area contributed by atoms with Gasteiger partial charge in [0.05, 0.1) is 0 Å². The molecule has 2 aromatic rings. The van der Waals surface area contributed by atoms with Gasteiger partial charge in [-0.25, -0.2) is 0 Å². The molecule has 19 heavy (non-hydrogen) atoms. The van der Waals surface area contributed by atoms with Gasteiger partial charge in [0.1, 0.15) is 12.4 Å². The molecule has 0 spiro atoms. The molecule has 0 unspecified atom stereocenters. The largest absolute Gasteiger partial charge is 0.481 e. The first-order valence-corrected chi connectivity index (χ1v) is 6.23. The van der Waals surface area contributed by atoms with E-state index in [4.69, 9.17) is 11.2 Å². The quantitative estimate of drug-likeness (QED) is 0.819. The van der Waals surface area contributed by atoms with Gasteiger partial charge in [-0.15, -0.1) is 6.42 Å². The number of aryl methyl sites for hydroxylation is 1. The Morgan fingerprint density at radius 2 is 1.74 bits per heavy atom. The van der Waals surface area contributed by atoms with E-state index in [1.54, 1.807) is 0 Å². The number of hydrogen-bond acceptors (Lipinski definition) is 2. The zero-order valence-electron chi connectivity index (χ0n) is 11.0. The molecule has 0 saturated carbocycles. The van der Waals surface area contributed by atoms with Crippen molar-refractivity contribution in [2.24, 2.45) is 0 Å². The van der Waals surface area contributed by atoms with Crippen LogP contribution in [0.4, 0.5) is 5.69 Å². The standard InChI is InChI=1S/C17H17NO/c1-3-12-19-17-10-6-15(7-11-17)13-18-16-8-4-14(2)5-9-16/h1,4-11,18H,12-13H2,2H3. The van der Waals surface area contributed by atoms with Gasteiger partial charge in [-0.3, -0.25) is 0 Å². The lowest BCUT2D eigenvalue weighted by molar-refractivity contribution is 0.370. The second-order valence-corrected chi connectivity index (χ2v) is 4.36. The van der Waals surface area contributed by atoms with Crippen LogP contribution in [-0.2, 0) is 6.54 Å². The Kier molecular flexibility index (Phi) is 4.47. The predicted molar refractivity (Wildman–Crippen MR) is 79.3 cm³/mol. The lowest BCUT2D eigenvalue weighted by atomic mass is 10.2. The molecule has 1 N–H and O–H groups in total. The van der Waals surface area contributed by atoms with E-state index < -0.39 is 0 Å². The predicted octanol–water partition coefficient (Wildman–Crippen LogP) is 3.62. The minimum atomic E-state index is 0.307. The number of benzene rings is 2. The first-order valence-electron chi connectivity index (χ1n) is 6.23. The fourth-order valence-corrected chi connectivity index (χ4v) is 1.70. The SMILES string of the molecule is C#CCOc1ccc(CNc2ccc(C)cc2)cc1. The van der Waals surface area contributed by atoms with Crippen LogP contribution in [0, 0.1) is 19.3 Å². The van der Waals surface area contributed by atoms with Gasteiger partial charge < -0.3 is 10.1 Å². The number of hydrogen-bond donors (Lipinski definition) is 1. The van der Waals surface area contributed by atoms with E-state index in [1.807, 2.05) is 24.3 Å². The van der Waals surface area contributed by atoms with Crippen molar-refractivity contribution in [3.63, 3.8) is 0 Å². The molecule has 0 heterocycles. The summed E-state index contributed by atoms with van der Waals surface area (Å²) in [4.78, 5) is 0. The Labute approximate surface area is 114 Å². The van der Waals surface area contributed by atoms with Crippen LogP contribution >= 0.6 is 0 Å². The molecule has 2 nitrogen and oxygen atoms in total. The Bertz CT molecular complexity index is 549. The number of nitrogens with one attached hydrogen (secondary N) is 1. The van der Waals surface area contributed by atoms with Gasteiger partial charge in [-0.2, -0.15) is 0 Å². The van der Waals surface area contributed by atoms with E-state index in [0.29, 0.717) is 6.61 Å². The average molecular weight is 251 g/mol. The fraction of sp³-hybridized carbons (Fsp3) is 0.176. The zero-order chi connectivity index (χ0) is 13.5. The van der Waals surface area contributed by atoms with Gasteiger partial charge in [-0.1, -0.05) is 35.7 Å². The number of anilines is 1. The molecule has 2 rings (SSSR count). The number of rotatable bonds is 5. The second kappa shape index (κ2) is 6.51. The summed E-state index contributed by atoms with van der Waals surface area (Å²) in [7, 11) is 0. The van der Waals surface area contributed by atoms with E-state index in [-0.39, 0.29) is 0 Å². The van der Waals surface area contributed by atoms with Crippen molar-refractivity contribution in [1.29, 1.82) is 0 Å². The molecular weight excluding hydrogens is 234 g/mol. The molecule has 0 bridgehead atoms. The van der Waals surface area contributed by atoms with E-state index in [9.17, 15) is 0 Å². The minimum absolute atomic E-state index is 0.307. The molecule has 0 radical (unpaired) electrons. The normalized spacial score (nSPS) is 9.68. The number of ether oxygens (including phenoxy) is 1. The lowest BCUT2D eigenvalue weighted by Gasteiger charge is -2.08. The number of terminal acetylenes is 1. The topological polar surface area (TPSA) is 21.3 Å². The van der Waals surface area contributed by atoms with Crippen molar-refractivity contribution in [2.45, 2.75) is 13.5 Å². The summed E-state index contributed by atoms with van der Waals surface area (Å²) in [6.07, 6.45) is 5.14. The van der Waals surface area contributed by atoms with Crippen LogP contribution in [0.25, 0.3) is 0 Å². The molecule has 2 heteroatoms. The first kappa shape index (κ1) is 13.0. The highest BCUT2D eigenvalue weighted by Crippen LogP contribution is 2.14. The van der Waals surface area contributed by atoms with Crippen molar-refractivity contribution in [3.05, 3.63) is 59.7 Å². The molecule has 0 fully saturated rings. The third kappa shape index (κ3) is 4.08. The minimum Gasteiger partial charge on any atom is -0.481 e. The molecule has 0 aromatic heterocycles. The zero-order valence-corrected chi connectivity index (χ0v) is 11.0. The van der Waals surface area contributed by atoms with Crippen molar-refractivity contribution >= 4 is 5.69 Å². The average Bonchev–Trinajstić information content (AvgIpc) is 2.46. The third-order valence-corrected chi connectivity index (χ3v) is 2.79. The van der Waals surface area contributed by atoms with Crippen LogP contribution in [0.3, 0.4) is 0 Å². The fourth-order valence-electron chi connectivity index (χ4n) is 1.70. The summed E-state index contributed by atoms with van der Waals surface area (Å²) in [6, 6.07) is 16.3. The highest BCUT2D eigenvalue weighted by molar-refractivity contribution is 5.45. The van der Waals surface area contributed by atoms with Crippen LogP contribution < -0.4 is 10.1 Å². The van der Waals surface area contributed by atoms with E-state index in [2.05, 4.69) is 42.4 Å². The van der Waals surface area contributed by atoms with Crippen LogP contribution in [0.15, 0.2) is 48.5 Å². The molecular formula is C17H17NO. The molecule has 0 saturated heterocycles. The van der Waals surface area contributed by atoms with E-state index in [1.165, 1.54) is 11.1 Å². The van der Waals surface area contributed by atoms with Gasteiger partial charge in [-0.05, 0) is 36.8 Å². The molecule has 0 aliphatic carbocycles. The Hall–Kier alpha value is -2.40. The van der Waals surface area contributed by atoms with Gasteiger partial charge in [0.2, 0.25) is 0 Å². The monoisotopic (exact) mass is 251 g/mol. The van der Waals surface area contributed by atoms with Crippen LogP contribution in [0.1, 0.15) is 11.1 Å². The van der Waals surface area contributed by atoms with Crippen LogP contribution in [0.2, 0.25) is 0 Å². The van der Waals surface area contributed by atoms with E-state index >= 15 is 0 Å².